The van der Waals surface area contributed by atoms with Crippen molar-refractivity contribution in [3.63, 3.8) is 0 Å². The van der Waals surface area contributed by atoms with E-state index in [4.69, 9.17) is 24.8 Å². The van der Waals surface area contributed by atoms with Crippen LogP contribution in [0.1, 0.15) is 77.2 Å². The first kappa shape index (κ1) is 28.8. The molecule has 7 rings (SSSR count). The molecule has 218 valence electrons. The van der Waals surface area contributed by atoms with Crippen molar-refractivity contribution in [2.45, 2.75) is 107 Å². The van der Waals surface area contributed by atoms with Crippen molar-refractivity contribution >= 4 is 16.1 Å². The number of rotatable bonds is 4. The van der Waals surface area contributed by atoms with Crippen LogP contribution in [0.3, 0.4) is 0 Å². The van der Waals surface area contributed by atoms with Gasteiger partial charge in [-0.15, -0.1) is 0 Å². The third-order valence-electron chi connectivity index (χ3n) is 9.05. The monoisotopic (exact) mass is 565 g/mol. The number of carbonyl (C=O) groups is 1. The maximum absolute atomic E-state index is 12.1. The smallest absolute Gasteiger partial charge is 0.315 e. The molecule has 39 heavy (non-hydrogen) atoms. The second kappa shape index (κ2) is 10.6. The number of hydrogen-bond donors (Lipinski definition) is 4. The molecule has 2 amide bonds. The number of aryl methyl sites for hydroxylation is 1. The van der Waals surface area contributed by atoms with Crippen molar-refractivity contribution in [1.29, 1.82) is 0 Å². The lowest BCUT2D eigenvalue weighted by Crippen LogP contribution is -2.59. The van der Waals surface area contributed by atoms with E-state index in [-0.39, 0.29) is 17.0 Å². The molecule has 5 saturated carbocycles. The van der Waals surface area contributed by atoms with Gasteiger partial charge in [-0.3, -0.25) is 4.55 Å². The summed E-state index contributed by atoms with van der Waals surface area (Å²) in [5.41, 5.74) is 6.47. The number of benzene rings is 1. The van der Waals surface area contributed by atoms with E-state index in [0.29, 0.717) is 18.4 Å². The highest BCUT2D eigenvalue weighted by Gasteiger charge is 2.66. The predicted octanol–water partition coefficient (Wildman–Crippen LogP) is 4.03. The summed E-state index contributed by atoms with van der Waals surface area (Å²) in [5, 5.41) is 5.91. The summed E-state index contributed by atoms with van der Waals surface area (Å²) in [6, 6.07) is 5.97. The Bertz CT molecular complexity index is 1110. The summed E-state index contributed by atoms with van der Waals surface area (Å²) < 4.78 is 36.3. The summed E-state index contributed by atoms with van der Waals surface area (Å²) in [6.45, 7) is 6.08. The molecule has 0 atom stereocenters. The molecule has 1 saturated heterocycles. The minimum atomic E-state index is -4.02. The lowest BCUT2D eigenvalue weighted by Gasteiger charge is -2.57. The second-order valence-corrected chi connectivity index (χ2v) is 14.5. The molecule has 0 aromatic heterocycles. The van der Waals surface area contributed by atoms with E-state index in [2.05, 4.69) is 10.6 Å². The van der Waals surface area contributed by atoms with Crippen LogP contribution in [0.5, 0.6) is 0 Å². The van der Waals surface area contributed by atoms with Crippen LogP contribution < -0.4 is 16.4 Å². The zero-order chi connectivity index (χ0) is 28.1. The molecule has 1 aromatic rings. The van der Waals surface area contributed by atoms with Gasteiger partial charge in [0.2, 0.25) is 11.6 Å². The summed E-state index contributed by atoms with van der Waals surface area (Å²) in [5.74, 6) is 1.59. The number of nitrogens with two attached hydrogens (primary N) is 1. The molecule has 6 fully saturated rings. The molecule has 1 aromatic carbocycles. The minimum Gasteiger partial charge on any atom is -0.336 e. The third kappa shape index (κ3) is 6.44. The molecule has 1 aliphatic heterocycles. The highest BCUT2D eigenvalue weighted by Crippen LogP contribution is 2.63. The first-order chi connectivity index (χ1) is 18.3. The largest absolute Gasteiger partial charge is 0.336 e. The summed E-state index contributed by atoms with van der Waals surface area (Å²) >= 11 is 0. The quantitative estimate of drug-likeness (QED) is 0.316. The van der Waals surface area contributed by atoms with Crippen molar-refractivity contribution in [2.24, 2.45) is 29.4 Å². The van der Waals surface area contributed by atoms with Crippen LogP contribution >= 0.6 is 0 Å². The van der Waals surface area contributed by atoms with Gasteiger partial charge in [0.25, 0.3) is 10.1 Å². The number of urea groups is 1. The summed E-state index contributed by atoms with van der Waals surface area (Å²) in [7, 11) is -4.02. The van der Waals surface area contributed by atoms with Crippen LogP contribution in [0, 0.1) is 30.6 Å². The van der Waals surface area contributed by atoms with Crippen LogP contribution in [0.4, 0.5) is 4.79 Å². The first-order valence-electron chi connectivity index (χ1n) is 14.2. The van der Waals surface area contributed by atoms with Gasteiger partial charge in [-0.1, -0.05) is 17.7 Å². The Labute approximate surface area is 231 Å². The number of nitrogens with one attached hydrogen (secondary N) is 2. The summed E-state index contributed by atoms with van der Waals surface area (Å²) in [6.07, 6.45) is 9.51. The number of amides is 2. The van der Waals surface area contributed by atoms with Gasteiger partial charge in [-0.05, 0) is 89.7 Å². The molecule has 0 radical (unpaired) electrons. The molecular formula is C28H43N3O7S. The molecule has 5 aliphatic carbocycles. The number of hydrogen-bond acceptors (Lipinski definition) is 7. The van der Waals surface area contributed by atoms with E-state index in [1.54, 1.807) is 12.1 Å². The van der Waals surface area contributed by atoms with E-state index in [1.807, 2.05) is 20.8 Å². The van der Waals surface area contributed by atoms with Crippen molar-refractivity contribution in [1.82, 2.24) is 10.6 Å². The zero-order valence-electron chi connectivity index (χ0n) is 23.1. The van der Waals surface area contributed by atoms with Crippen LogP contribution in [-0.2, 0) is 24.6 Å². The SMILES string of the molecule is CC(C)(N)CNC(=O)NC1CCC2(CC1)OOC1(O2)C2CC3CC(C2)CC1C3.Cc1ccc(S(=O)(=O)O)cc1. The molecule has 10 nitrogen and oxygen atoms in total. The van der Waals surface area contributed by atoms with E-state index in [9.17, 15) is 13.2 Å². The van der Waals surface area contributed by atoms with E-state index in [1.165, 1.54) is 44.2 Å². The highest BCUT2D eigenvalue weighted by atomic mass is 32.2. The first-order valence-corrected chi connectivity index (χ1v) is 15.6. The van der Waals surface area contributed by atoms with Crippen molar-refractivity contribution in [3.8, 4) is 0 Å². The number of ether oxygens (including phenoxy) is 1. The van der Waals surface area contributed by atoms with Gasteiger partial charge < -0.3 is 21.1 Å². The molecule has 6 aliphatic rings. The van der Waals surface area contributed by atoms with Crippen molar-refractivity contribution in [3.05, 3.63) is 29.8 Å². The Kier molecular flexibility index (Phi) is 7.80. The molecule has 1 heterocycles. The van der Waals surface area contributed by atoms with E-state index < -0.39 is 27.2 Å². The van der Waals surface area contributed by atoms with Gasteiger partial charge in [-0.2, -0.15) is 18.2 Å². The molecular weight excluding hydrogens is 522 g/mol. The Morgan fingerprint density at radius 1 is 1.03 bits per heavy atom. The van der Waals surface area contributed by atoms with Gasteiger partial charge in [0, 0.05) is 42.8 Å². The molecule has 4 bridgehead atoms. The Morgan fingerprint density at radius 2 is 1.59 bits per heavy atom. The highest BCUT2D eigenvalue weighted by molar-refractivity contribution is 7.85. The Hall–Kier alpha value is -1.76. The molecule has 5 N–H and O–H groups in total. The van der Waals surface area contributed by atoms with Gasteiger partial charge >= 0.3 is 6.03 Å². The van der Waals surface area contributed by atoms with Crippen molar-refractivity contribution < 1.29 is 32.3 Å². The average Bonchev–Trinajstić information content (AvgIpc) is 3.22. The van der Waals surface area contributed by atoms with Gasteiger partial charge in [0.05, 0.1) is 4.90 Å². The molecule has 0 unspecified atom stereocenters. The van der Waals surface area contributed by atoms with Crippen molar-refractivity contribution in [2.75, 3.05) is 6.54 Å². The van der Waals surface area contributed by atoms with Crippen LogP contribution in [0.2, 0.25) is 0 Å². The second-order valence-electron chi connectivity index (χ2n) is 13.1. The fourth-order valence-corrected chi connectivity index (χ4v) is 7.73. The van der Waals surface area contributed by atoms with Crippen LogP contribution in [0.15, 0.2) is 29.2 Å². The minimum absolute atomic E-state index is 0.0666. The van der Waals surface area contributed by atoms with E-state index >= 15 is 0 Å². The fraction of sp³-hybridized carbons (Fsp3) is 0.750. The molecule has 2 spiro atoms. The van der Waals surface area contributed by atoms with Gasteiger partial charge in [-0.25, -0.2) is 4.79 Å². The van der Waals surface area contributed by atoms with Crippen LogP contribution in [-0.4, -0.2) is 48.7 Å². The number of carbonyl (C=O) groups excluding carboxylic acids is 1. The Morgan fingerprint density at radius 3 is 2.10 bits per heavy atom. The zero-order valence-corrected chi connectivity index (χ0v) is 24.0. The third-order valence-corrected chi connectivity index (χ3v) is 9.92. The Balaban J connectivity index is 0.000000237. The van der Waals surface area contributed by atoms with Crippen LogP contribution in [0.25, 0.3) is 0 Å². The normalized spacial score (nSPS) is 37.0. The van der Waals surface area contributed by atoms with Gasteiger partial charge in [0.15, 0.2) is 0 Å². The topological polar surface area (TPSA) is 149 Å². The maximum atomic E-state index is 12.1. The standard InChI is InChI=1S/C21H35N3O4.C7H8O3S/c1-19(2,22)12-23-18(25)24-17-3-5-20(6-4-17)26-21(28-27-20)15-8-13-7-14(10-15)11-16(21)9-13;1-6-2-4-7(5-3-6)11(8,9)10/h13-17H,3-12,22H2,1-2H3,(H2,23,24,25);2-5H,1H3,(H,8,9,10). The van der Waals surface area contributed by atoms with E-state index in [0.717, 1.165) is 43.1 Å². The maximum Gasteiger partial charge on any atom is 0.315 e. The summed E-state index contributed by atoms with van der Waals surface area (Å²) in [4.78, 5) is 24.1. The average molecular weight is 566 g/mol. The van der Waals surface area contributed by atoms with Gasteiger partial charge in [0.1, 0.15) is 0 Å². The molecule has 11 heteroatoms. The predicted molar refractivity (Wildman–Crippen MR) is 144 cm³/mol. The lowest BCUT2D eigenvalue weighted by molar-refractivity contribution is -0.390. The lowest BCUT2D eigenvalue weighted by atomic mass is 9.53. The fourth-order valence-electron chi connectivity index (χ4n) is 7.25.